The molecule has 4 aliphatic rings. The summed E-state index contributed by atoms with van der Waals surface area (Å²) in [6, 6.07) is 0. The molecule has 0 aromatic carbocycles. The first-order valence-electron chi connectivity index (χ1n) is 8.04. The zero-order valence-electron chi connectivity index (χ0n) is 12.7. The lowest BCUT2D eigenvalue weighted by molar-refractivity contribution is -0.172. The van der Waals surface area contributed by atoms with Crippen molar-refractivity contribution in [3.63, 3.8) is 0 Å². The van der Waals surface area contributed by atoms with Crippen LogP contribution in [0.2, 0.25) is 0 Å². The normalized spacial score (nSPS) is 40.5. The van der Waals surface area contributed by atoms with Gasteiger partial charge < -0.3 is 4.74 Å². The summed E-state index contributed by atoms with van der Waals surface area (Å²) < 4.78 is 5.66. The van der Waals surface area contributed by atoms with Gasteiger partial charge in [0.05, 0.1) is 12.0 Å². The van der Waals surface area contributed by atoms with Gasteiger partial charge in [-0.05, 0) is 68.1 Å². The van der Waals surface area contributed by atoms with Gasteiger partial charge in [-0.15, -0.1) is 0 Å². The molecule has 108 valence electrons. The summed E-state index contributed by atoms with van der Waals surface area (Å²) in [6.45, 7) is 7.20. The Balaban J connectivity index is 1.60. The largest absolute Gasteiger partial charge is 0.465 e. The fraction of sp³-hybridized carbons (Fsp3) is 0.941. The summed E-state index contributed by atoms with van der Waals surface area (Å²) in [5.74, 6) is 2.60. The lowest BCUT2D eigenvalue weighted by Gasteiger charge is -2.55. The zero-order chi connectivity index (χ0) is 13.7. The highest BCUT2D eigenvalue weighted by Gasteiger charge is 2.55. The predicted molar refractivity (Wildman–Crippen MR) is 75.6 cm³/mol. The van der Waals surface area contributed by atoms with E-state index in [-0.39, 0.29) is 16.8 Å². The second-order valence-corrected chi connectivity index (χ2v) is 8.64. The molecule has 0 heterocycles. The fourth-order valence-electron chi connectivity index (χ4n) is 4.96. The smallest absolute Gasteiger partial charge is 0.312 e. The standard InChI is InChI=1S/C17H28O2/c1-16(2,3)4-5-19-15(18)17-9-12-6-13(10-17)8-14(7-12)11-17/h12-14H,4-11H2,1-3H3. The van der Waals surface area contributed by atoms with Crippen LogP contribution in [0.5, 0.6) is 0 Å². The Morgan fingerprint density at radius 3 is 1.95 bits per heavy atom. The van der Waals surface area contributed by atoms with Crippen molar-refractivity contribution in [1.29, 1.82) is 0 Å². The van der Waals surface area contributed by atoms with E-state index < -0.39 is 0 Å². The van der Waals surface area contributed by atoms with E-state index in [9.17, 15) is 4.79 Å². The molecule has 0 saturated heterocycles. The van der Waals surface area contributed by atoms with Gasteiger partial charge in [-0.2, -0.15) is 0 Å². The monoisotopic (exact) mass is 264 g/mol. The molecule has 0 unspecified atom stereocenters. The van der Waals surface area contributed by atoms with Gasteiger partial charge in [0.2, 0.25) is 0 Å². The third kappa shape index (κ3) is 2.68. The number of hydrogen-bond donors (Lipinski definition) is 0. The van der Waals surface area contributed by atoms with Crippen LogP contribution in [0, 0.1) is 28.6 Å². The Morgan fingerprint density at radius 2 is 1.53 bits per heavy atom. The molecule has 4 fully saturated rings. The van der Waals surface area contributed by atoms with Crippen LogP contribution < -0.4 is 0 Å². The van der Waals surface area contributed by atoms with Crippen LogP contribution >= 0.6 is 0 Å². The summed E-state index contributed by atoms with van der Waals surface area (Å²) in [7, 11) is 0. The van der Waals surface area contributed by atoms with Gasteiger partial charge in [0, 0.05) is 0 Å². The third-order valence-electron chi connectivity index (χ3n) is 5.56. The number of ether oxygens (including phenoxy) is 1. The summed E-state index contributed by atoms with van der Waals surface area (Å²) >= 11 is 0. The molecule has 0 aliphatic heterocycles. The van der Waals surface area contributed by atoms with Gasteiger partial charge in [0.25, 0.3) is 0 Å². The van der Waals surface area contributed by atoms with Crippen molar-refractivity contribution < 1.29 is 9.53 Å². The van der Waals surface area contributed by atoms with Crippen molar-refractivity contribution in [2.75, 3.05) is 6.61 Å². The molecule has 4 rings (SSSR count). The van der Waals surface area contributed by atoms with E-state index in [0.717, 1.165) is 43.4 Å². The van der Waals surface area contributed by atoms with Crippen molar-refractivity contribution in [3.8, 4) is 0 Å². The van der Waals surface area contributed by atoms with Crippen molar-refractivity contribution in [1.82, 2.24) is 0 Å². The maximum atomic E-state index is 12.6. The predicted octanol–water partition coefficient (Wildman–Crippen LogP) is 4.18. The summed E-state index contributed by atoms with van der Waals surface area (Å²) in [6.07, 6.45) is 8.47. The Morgan fingerprint density at radius 1 is 1.05 bits per heavy atom. The molecule has 19 heavy (non-hydrogen) atoms. The van der Waals surface area contributed by atoms with Crippen molar-refractivity contribution >= 4 is 5.97 Å². The van der Waals surface area contributed by atoms with Gasteiger partial charge in [0.15, 0.2) is 0 Å². The van der Waals surface area contributed by atoms with E-state index in [0.29, 0.717) is 6.61 Å². The van der Waals surface area contributed by atoms with E-state index in [4.69, 9.17) is 4.74 Å². The van der Waals surface area contributed by atoms with Crippen molar-refractivity contribution in [2.24, 2.45) is 28.6 Å². The van der Waals surface area contributed by atoms with E-state index in [1.807, 2.05) is 0 Å². The highest BCUT2D eigenvalue weighted by Crippen LogP contribution is 2.60. The lowest BCUT2D eigenvalue weighted by Crippen LogP contribution is -2.50. The highest BCUT2D eigenvalue weighted by molar-refractivity contribution is 5.77. The molecule has 0 spiro atoms. The van der Waals surface area contributed by atoms with Crippen LogP contribution in [0.15, 0.2) is 0 Å². The van der Waals surface area contributed by atoms with E-state index in [1.165, 1.54) is 19.3 Å². The quantitative estimate of drug-likeness (QED) is 0.715. The maximum Gasteiger partial charge on any atom is 0.312 e. The third-order valence-corrected chi connectivity index (χ3v) is 5.56. The molecular formula is C17H28O2. The molecule has 0 atom stereocenters. The Hall–Kier alpha value is -0.530. The minimum absolute atomic E-state index is 0.0768. The first-order chi connectivity index (χ1) is 8.86. The van der Waals surface area contributed by atoms with Crippen LogP contribution in [0.4, 0.5) is 0 Å². The van der Waals surface area contributed by atoms with Gasteiger partial charge in [-0.1, -0.05) is 20.8 Å². The van der Waals surface area contributed by atoms with E-state index in [1.54, 1.807) is 0 Å². The molecule has 0 aromatic rings. The molecule has 4 saturated carbocycles. The average Bonchev–Trinajstić information content (AvgIpc) is 2.25. The Labute approximate surface area is 117 Å². The SMILES string of the molecule is CC(C)(C)CCOC(=O)C12CC3CC(CC(C3)C1)C2. The molecule has 0 N–H and O–H groups in total. The van der Waals surface area contributed by atoms with E-state index >= 15 is 0 Å². The molecule has 4 bridgehead atoms. The number of carbonyl (C=O) groups is 1. The topological polar surface area (TPSA) is 26.3 Å². The minimum Gasteiger partial charge on any atom is -0.465 e. The first-order valence-corrected chi connectivity index (χ1v) is 8.04. The van der Waals surface area contributed by atoms with Crippen LogP contribution in [-0.2, 0) is 9.53 Å². The molecular weight excluding hydrogens is 236 g/mol. The fourth-order valence-corrected chi connectivity index (χ4v) is 4.96. The number of hydrogen-bond acceptors (Lipinski definition) is 2. The molecule has 4 aliphatic carbocycles. The second kappa shape index (κ2) is 4.49. The molecule has 0 radical (unpaired) electrons. The molecule has 2 nitrogen and oxygen atoms in total. The van der Waals surface area contributed by atoms with Gasteiger partial charge in [0.1, 0.15) is 0 Å². The first kappa shape index (κ1) is 13.5. The molecule has 2 heteroatoms. The molecule has 0 aromatic heterocycles. The van der Waals surface area contributed by atoms with Gasteiger partial charge >= 0.3 is 5.97 Å². The lowest BCUT2D eigenvalue weighted by atomic mass is 9.49. The van der Waals surface area contributed by atoms with Gasteiger partial charge in [-0.25, -0.2) is 0 Å². The van der Waals surface area contributed by atoms with Gasteiger partial charge in [-0.3, -0.25) is 4.79 Å². The van der Waals surface area contributed by atoms with Crippen molar-refractivity contribution in [3.05, 3.63) is 0 Å². The summed E-state index contributed by atoms with van der Waals surface area (Å²) in [5, 5.41) is 0. The summed E-state index contributed by atoms with van der Waals surface area (Å²) in [4.78, 5) is 12.6. The summed E-state index contributed by atoms with van der Waals surface area (Å²) in [5.41, 5.74) is 0.175. The van der Waals surface area contributed by atoms with Crippen LogP contribution in [-0.4, -0.2) is 12.6 Å². The zero-order valence-corrected chi connectivity index (χ0v) is 12.7. The Bertz CT molecular complexity index is 329. The minimum atomic E-state index is -0.0768. The number of carbonyl (C=O) groups excluding carboxylic acids is 1. The van der Waals surface area contributed by atoms with Crippen LogP contribution in [0.1, 0.15) is 65.7 Å². The second-order valence-electron chi connectivity index (χ2n) is 8.64. The van der Waals surface area contributed by atoms with E-state index in [2.05, 4.69) is 20.8 Å². The molecule has 0 amide bonds. The highest BCUT2D eigenvalue weighted by atomic mass is 16.5. The number of esters is 1. The number of rotatable bonds is 3. The maximum absolute atomic E-state index is 12.6. The Kier molecular flexibility index (Phi) is 3.18. The van der Waals surface area contributed by atoms with Crippen molar-refractivity contribution in [2.45, 2.75) is 65.7 Å². The van der Waals surface area contributed by atoms with Crippen LogP contribution in [0.25, 0.3) is 0 Å². The average molecular weight is 264 g/mol. The van der Waals surface area contributed by atoms with Crippen LogP contribution in [0.3, 0.4) is 0 Å².